The van der Waals surface area contributed by atoms with Crippen molar-refractivity contribution in [3.63, 3.8) is 0 Å². The minimum absolute atomic E-state index is 0.207. The number of aliphatic hydroxyl groups excluding tert-OH is 2. The topological polar surface area (TPSA) is 78.8 Å². The minimum Gasteiger partial charge on any atom is -0.469 e. The number of hydrogen-bond donors (Lipinski definition) is 3. The molecule has 1 aromatic rings. The molecule has 21 heavy (non-hydrogen) atoms. The molecule has 1 rings (SSSR count). The predicted octanol–water partition coefficient (Wildman–Crippen LogP) is 1.91. The molecule has 0 bridgehead atoms. The molecule has 0 aliphatic heterocycles. The van der Waals surface area contributed by atoms with Gasteiger partial charge in [0.05, 0.1) is 19.6 Å². The van der Waals surface area contributed by atoms with Gasteiger partial charge in [0.25, 0.3) is 0 Å². The number of carbonyl (C=O) groups is 1. The Hall–Kier alpha value is -1.43. The molecular weight excluding hydrogens is 270 g/mol. The summed E-state index contributed by atoms with van der Waals surface area (Å²) in [5, 5.41) is 22.8. The van der Waals surface area contributed by atoms with E-state index in [4.69, 9.17) is 0 Å². The van der Waals surface area contributed by atoms with Gasteiger partial charge >= 0.3 is 5.97 Å². The van der Waals surface area contributed by atoms with Gasteiger partial charge in [-0.05, 0) is 23.5 Å². The lowest BCUT2D eigenvalue weighted by molar-refractivity contribution is -0.140. The second-order valence-corrected chi connectivity index (χ2v) is 5.49. The molecule has 0 aliphatic carbocycles. The summed E-state index contributed by atoms with van der Waals surface area (Å²) in [6.45, 7) is 4.46. The van der Waals surface area contributed by atoms with Crippen LogP contribution in [0.15, 0.2) is 24.3 Å². The Labute approximate surface area is 125 Å². The Kier molecular flexibility index (Phi) is 7.36. The van der Waals surface area contributed by atoms with Crippen molar-refractivity contribution in [1.82, 2.24) is 5.32 Å². The van der Waals surface area contributed by atoms with Gasteiger partial charge in [-0.1, -0.05) is 38.1 Å². The lowest BCUT2D eigenvalue weighted by atomic mass is 9.98. The van der Waals surface area contributed by atoms with Crippen molar-refractivity contribution < 1.29 is 19.7 Å². The van der Waals surface area contributed by atoms with Gasteiger partial charge in [-0.25, -0.2) is 0 Å². The molecule has 0 amide bonds. The van der Waals surface area contributed by atoms with Crippen molar-refractivity contribution in [1.29, 1.82) is 0 Å². The average molecular weight is 295 g/mol. The number of esters is 1. The van der Waals surface area contributed by atoms with E-state index >= 15 is 0 Å². The molecule has 2 unspecified atom stereocenters. The molecule has 0 fully saturated rings. The third kappa shape index (κ3) is 6.25. The van der Waals surface area contributed by atoms with E-state index in [1.807, 2.05) is 12.1 Å². The Bertz CT molecular complexity index is 430. The van der Waals surface area contributed by atoms with Gasteiger partial charge in [-0.2, -0.15) is 0 Å². The van der Waals surface area contributed by atoms with Crippen molar-refractivity contribution in [2.24, 2.45) is 5.92 Å². The monoisotopic (exact) mass is 295 g/mol. The zero-order chi connectivity index (χ0) is 15.8. The van der Waals surface area contributed by atoms with Crippen LogP contribution < -0.4 is 5.32 Å². The smallest absolute Gasteiger partial charge is 0.306 e. The van der Waals surface area contributed by atoms with E-state index in [-0.39, 0.29) is 12.4 Å². The van der Waals surface area contributed by atoms with Gasteiger partial charge < -0.3 is 14.9 Å². The molecule has 118 valence electrons. The molecule has 5 heteroatoms. The van der Waals surface area contributed by atoms with Crippen LogP contribution in [0.3, 0.4) is 0 Å². The molecule has 0 radical (unpaired) electrons. The molecular formula is C16H25NO4. The Morgan fingerprint density at radius 1 is 1.19 bits per heavy atom. The first-order valence-corrected chi connectivity index (χ1v) is 7.20. The maximum absolute atomic E-state index is 11.0. The Morgan fingerprint density at radius 2 is 1.76 bits per heavy atom. The highest BCUT2D eigenvalue weighted by molar-refractivity contribution is 5.69. The fourth-order valence-corrected chi connectivity index (χ4v) is 2.01. The molecule has 2 atom stereocenters. The molecule has 1 aromatic carbocycles. The standard InChI is InChI=1S/C16H25NO4/c1-11(2)10-14(18)12-4-6-13(7-5-12)16(20)17-9-8-15(19)21-3/h4-7,11,14,16-18,20H,8-10H2,1-3H3. The van der Waals surface area contributed by atoms with Gasteiger partial charge in [0.2, 0.25) is 0 Å². The number of nitrogens with one attached hydrogen (secondary N) is 1. The zero-order valence-electron chi connectivity index (χ0n) is 12.9. The van der Waals surface area contributed by atoms with Crippen molar-refractivity contribution in [2.45, 2.75) is 39.0 Å². The summed E-state index contributed by atoms with van der Waals surface area (Å²) in [5.74, 6) is 0.104. The highest BCUT2D eigenvalue weighted by Crippen LogP contribution is 2.22. The van der Waals surface area contributed by atoms with Crippen molar-refractivity contribution >= 4 is 5.97 Å². The van der Waals surface area contributed by atoms with Gasteiger partial charge in [-0.3, -0.25) is 10.1 Å². The average Bonchev–Trinajstić information content (AvgIpc) is 2.46. The van der Waals surface area contributed by atoms with Crippen LogP contribution in [0.5, 0.6) is 0 Å². The van der Waals surface area contributed by atoms with Gasteiger partial charge in [-0.15, -0.1) is 0 Å². The van der Waals surface area contributed by atoms with Crippen molar-refractivity contribution in [3.8, 4) is 0 Å². The highest BCUT2D eigenvalue weighted by atomic mass is 16.5. The van der Waals surface area contributed by atoms with E-state index < -0.39 is 12.3 Å². The third-order valence-corrected chi connectivity index (χ3v) is 3.23. The van der Waals surface area contributed by atoms with E-state index in [1.54, 1.807) is 12.1 Å². The van der Waals surface area contributed by atoms with Gasteiger partial charge in [0, 0.05) is 6.54 Å². The van der Waals surface area contributed by atoms with Crippen LogP contribution in [0.2, 0.25) is 0 Å². The summed E-state index contributed by atoms with van der Waals surface area (Å²) in [6.07, 6.45) is -0.410. The highest BCUT2D eigenvalue weighted by Gasteiger charge is 2.12. The van der Waals surface area contributed by atoms with E-state index in [9.17, 15) is 15.0 Å². The fraction of sp³-hybridized carbons (Fsp3) is 0.562. The number of ether oxygens (including phenoxy) is 1. The zero-order valence-corrected chi connectivity index (χ0v) is 12.9. The largest absolute Gasteiger partial charge is 0.469 e. The van der Waals surface area contributed by atoms with Crippen LogP contribution in [0, 0.1) is 5.92 Å². The first-order valence-electron chi connectivity index (χ1n) is 7.20. The maximum atomic E-state index is 11.0. The molecule has 0 saturated carbocycles. The van der Waals surface area contributed by atoms with E-state index in [2.05, 4.69) is 23.9 Å². The first kappa shape index (κ1) is 17.6. The van der Waals surface area contributed by atoms with E-state index in [0.29, 0.717) is 24.4 Å². The summed E-state index contributed by atoms with van der Waals surface area (Å²) in [5.41, 5.74) is 1.54. The third-order valence-electron chi connectivity index (χ3n) is 3.23. The fourth-order valence-electron chi connectivity index (χ4n) is 2.01. The Balaban J connectivity index is 2.51. The molecule has 0 aromatic heterocycles. The van der Waals surface area contributed by atoms with Crippen LogP contribution in [0.25, 0.3) is 0 Å². The number of aliphatic hydroxyl groups is 2. The second-order valence-electron chi connectivity index (χ2n) is 5.49. The van der Waals surface area contributed by atoms with E-state index in [1.165, 1.54) is 7.11 Å². The quantitative estimate of drug-likeness (QED) is 0.504. The normalized spacial score (nSPS) is 14.0. The SMILES string of the molecule is COC(=O)CCNC(O)c1ccc(C(O)CC(C)C)cc1. The lowest BCUT2D eigenvalue weighted by Gasteiger charge is -2.16. The second kappa shape index (κ2) is 8.77. The number of benzene rings is 1. The number of carbonyl (C=O) groups excluding carboxylic acids is 1. The summed E-state index contributed by atoms with van der Waals surface area (Å²) >= 11 is 0. The van der Waals surface area contributed by atoms with Crippen LogP contribution in [0.1, 0.15) is 50.1 Å². The Morgan fingerprint density at radius 3 is 2.29 bits per heavy atom. The minimum atomic E-state index is -0.842. The van der Waals surface area contributed by atoms with E-state index in [0.717, 1.165) is 5.56 Å². The summed E-state index contributed by atoms with van der Waals surface area (Å²) in [7, 11) is 1.33. The summed E-state index contributed by atoms with van der Waals surface area (Å²) < 4.78 is 4.52. The molecule has 5 nitrogen and oxygen atoms in total. The summed E-state index contributed by atoms with van der Waals surface area (Å²) in [4.78, 5) is 11.0. The van der Waals surface area contributed by atoms with Crippen molar-refractivity contribution in [2.75, 3.05) is 13.7 Å². The molecule has 0 aliphatic rings. The van der Waals surface area contributed by atoms with Gasteiger partial charge in [0.15, 0.2) is 0 Å². The van der Waals surface area contributed by atoms with Crippen LogP contribution in [0.4, 0.5) is 0 Å². The molecule has 0 saturated heterocycles. The lowest BCUT2D eigenvalue weighted by Crippen LogP contribution is -2.24. The number of hydrogen-bond acceptors (Lipinski definition) is 5. The number of methoxy groups -OCH3 is 1. The summed E-state index contributed by atoms with van der Waals surface area (Å²) in [6, 6.07) is 7.17. The van der Waals surface area contributed by atoms with Crippen LogP contribution in [-0.4, -0.2) is 29.8 Å². The van der Waals surface area contributed by atoms with Crippen molar-refractivity contribution in [3.05, 3.63) is 35.4 Å². The van der Waals surface area contributed by atoms with Crippen LogP contribution >= 0.6 is 0 Å². The predicted molar refractivity (Wildman–Crippen MR) is 80.5 cm³/mol. The molecule has 0 spiro atoms. The molecule has 0 heterocycles. The first-order chi connectivity index (χ1) is 9.93. The van der Waals surface area contributed by atoms with Crippen LogP contribution in [-0.2, 0) is 9.53 Å². The number of rotatable bonds is 8. The maximum Gasteiger partial charge on any atom is 0.306 e. The van der Waals surface area contributed by atoms with Gasteiger partial charge in [0.1, 0.15) is 6.23 Å². The molecule has 3 N–H and O–H groups in total.